The van der Waals surface area contributed by atoms with Crippen molar-refractivity contribution in [2.24, 2.45) is 16.8 Å². The van der Waals surface area contributed by atoms with Gasteiger partial charge >= 0.3 is 6.18 Å². The smallest absolute Gasteiger partial charge is 0.400 e. The number of oxime groups is 1. The van der Waals surface area contributed by atoms with Crippen molar-refractivity contribution >= 4 is 5.84 Å². The first-order chi connectivity index (χ1) is 7.08. The summed E-state index contributed by atoms with van der Waals surface area (Å²) in [5.74, 6) is -2.98. The number of nitrogens with zero attached hydrogens (tertiary/aromatic N) is 1. The third kappa shape index (κ3) is 5.76. The van der Waals surface area contributed by atoms with Crippen LogP contribution in [0.2, 0.25) is 0 Å². The summed E-state index contributed by atoms with van der Waals surface area (Å²) in [7, 11) is 0. The zero-order valence-electron chi connectivity index (χ0n) is 9.04. The van der Waals surface area contributed by atoms with Gasteiger partial charge in [-0.15, -0.1) is 0 Å². The largest absolute Gasteiger partial charge is 0.409 e. The van der Waals surface area contributed by atoms with Crippen LogP contribution in [0.5, 0.6) is 0 Å². The number of nitrogens with one attached hydrogen (secondary N) is 1. The normalized spacial score (nSPS) is 16.2. The Labute approximate surface area is 91.1 Å². The Kier molecular flexibility index (Phi) is 5.01. The average Bonchev–Trinajstić information content (AvgIpc) is 2.07. The van der Waals surface area contributed by atoms with Gasteiger partial charge in [-0.3, -0.25) is 0 Å². The fourth-order valence-electron chi connectivity index (χ4n) is 0.980. The lowest BCUT2D eigenvalue weighted by molar-refractivity contribution is -0.155. The van der Waals surface area contributed by atoms with Crippen LogP contribution in [0.15, 0.2) is 5.16 Å². The molecule has 0 heterocycles. The van der Waals surface area contributed by atoms with Gasteiger partial charge in [0.1, 0.15) is 5.92 Å². The Hall–Kier alpha value is -1.02. The highest BCUT2D eigenvalue weighted by Gasteiger charge is 2.42. The van der Waals surface area contributed by atoms with Crippen LogP contribution in [0.1, 0.15) is 13.8 Å². The van der Waals surface area contributed by atoms with Crippen LogP contribution in [0.4, 0.5) is 13.2 Å². The first kappa shape index (κ1) is 15.0. The molecule has 5 N–H and O–H groups in total. The number of alkyl halides is 3. The number of halogens is 3. The summed E-state index contributed by atoms with van der Waals surface area (Å²) in [5, 5.41) is 22.2. The van der Waals surface area contributed by atoms with E-state index in [1.807, 2.05) is 0 Å². The molecule has 0 saturated carbocycles. The second-order valence-electron chi connectivity index (χ2n) is 4.06. The Morgan fingerprint density at radius 2 is 1.94 bits per heavy atom. The summed E-state index contributed by atoms with van der Waals surface area (Å²) >= 11 is 0. The van der Waals surface area contributed by atoms with Crippen LogP contribution in [0.3, 0.4) is 0 Å². The molecule has 0 rings (SSSR count). The monoisotopic (exact) mass is 243 g/mol. The summed E-state index contributed by atoms with van der Waals surface area (Å²) in [6.07, 6.45) is -4.59. The van der Waals surface area contributed by atoms with Gasteiger partial charge in [0.25, 0.3) is 0 Å². The van der Waals surface area contributed by atoms with E-state index < -0.39 is 30.1 Å². The molecule has 0 fully saturated rings. The molecule has 0 aliphatic carbocycles. The second kappa shape index (κ2) is 5.35. The molecule has 0 amide bonds. The molecule has 0 saturated heterocycles. The van der Waals surface area contributed by atoms with Gasteiger partial charge < -0.3 is 21.4 Å². The van der Waals surface area contributed by atoms with Gasteiger partial charge in [-0.2, -0.15) is 13.2 Å². The zero-order valence-corrected chi connectivity index (χ0v) is 9.04. The van der Waals surface area contributed by atoms with Gasteiger partial charge in [0.05, 0.1) is 5.60 Å². The molecule has 0 aromatic rings. The molecule has 1 atom stereocenters. The van der Waals surface area contributed by atoms with E-state index in [0.717, 1.165) is 0 Å². The predicted octanol–water partition coefficient (Wildman–Crippen LogP) is 0.272. The molecule has 0 aromatic carbocycles. The molecule has 0 aliphatic heterocycles. The summed E-state index contributed by atoms with van der Waals surface area (Å²) in [4.78, 5) is 0. The lowest BCUT2D eigenvalue weighted by Crippen LogP contribution is -2.45. The molecule has 96 valence electrons. The standard InChI is InChI=1S/C8H16F3N3O2/c1-7(2,15)4-13-3-5(6(12)14-16)8(9,10)11/h5,13,15-16H,3-4H2,1-2H3,(H2,12,14). The Morgan fingerprint density at radius 1 is 1.44 bits per heavy atom. The van der Waals surface area contributed by atoms with E-state index in [1.165, 1.54) is 13.8 Å². The third-order valence-electron chi connectivity index (χ3n) is 1.77. The minimum absolute atomic E-state index is 0.0295. The number of rotatable bonds is 5. The molecule has 16 heavy (non-hydrogen) atoms. The van der Waals surface area contributed by atoms with E-state index in [4.69, 9.17) is 10.9 Å². The van der Waals surface area contributed by atoms with Gasteiger partial charge in [0.15, 0.2) is 5.84 Å². The molecule has 0 radical (unpaired) electrons. The SMILES string of the molecule is CC(C)(O)CNCC(C(N)=NO)C(F)(F)F. The van der Waals surface area contributed by atoms with E-state index in [-0.39, 0.29) is 6.54 Å². The Balaban J connectivity index is 4.37. The average molecular weight is 243 g/mol. The predicted molar refractivity (Wildman–Crippen MR) is 52.1 cm³/mol. The van der Waals surface area contributed by atoms with Gasteiger partial charge in [-0.05, 0) is 13.8 Å². The van der Waals surface area contributed by atoms with Crippen molar-refractivity contribution in [3.05, 3.63) is 0 Å². The molecule has 5 nitrogen and oxygen atoms in total. The highest BCUT2D eigenvalue weighted by atomic mass is 19.4. The van der Waals surface area contributed by atoms with Gasteiger partial charge in [0.2, 0.25) is 0 Å². The van der Waals surface area contributed by atoms with Crippen molar-refractivity contribution < 1.29 is 23.5 Å². The summed E-state index contributed by atoms with van der Waals surface area (Å²) in [6, 6.07) is 0. The zero-order chi connectivity index (χ0) is 13.0. The highest BCUT2D eigenvalue weighted by Crippen LogP contribution is 2.25. The lowest BCUT2D eigenvalue weighted by atomic mass is 10.1. The first-order valence-corrected chi connectivity index (χ1v) is 4.55. The minimum atomic E-state index is -4.59. The van der Waals surface area contributed by atoms with Crippen molar-refractivity contribution in [1.82, 2.24) is 5.32 Å². The lowest BCUT2D eigenvalue weighted by Gasteiger charge is -2.22. The maximum atomic E-state index is 12.4. The fourth-order valence-corrected chi connectivity index (χ4v) is 0.980. The van der Waals surface area contributed by atoms with Crippen LogP contribution < -0.4 is 11.1 Å². The molecule has 0 aliphatic rings. The molecule has 0 spiro atoms. The molecular formula is C8H16F3N3O2. The van der Waals surface area contributed by atoms with Crippen LogP contribution >= 0.6 is 0 Å². The van der Waals surface area contributed by atoms with Crippen molar-refractivity contribution in [2.75, 3.05) is 13.1 Å². The van der Waals surface area contributed by atoms with E-state index in [2.05, 4.69) is 10.5 Å². The molecule has 1 unspecified atom stereocenters. The Bertz CT molecular complexity index is 248. The van der Waals surface area contributed by atoms with Crippen molar-refractivity contribution in [2.45, 2.75) is 25.6 Å². The maximum absolute atomic E-state index is 12.4. The van der Waals surface area contributed by atoms with Crippen molar-refractivity contribution in [3.63, 3.8) is 0 Å². The van der Waals surface area contributed by atoms with E-state index >= 15 is 0 Å². The second-order valence-corrected chi connectivity index (χ2v) is 4.06. The summed E-state index contributed by atoms with van der Waals surface area (Å²) < 4.78 is 37.2. The van der Waals surface area contributed by atoms with Crippen LogP contribution in [-0.4, -0.2) is 41.0 Å². The van der Waals surface area contributed by atoms with Crippen molar-refractivity contribution in [1.29, 1.82) is 0 Å². The first-order valence-electron chi connectivity index (χ1n) is 4.55. The number of nitrogens with two attached hydrogens (primary N) is 1. The number of hydrogen-bond donors (Lipinski definition) is 4. The molecule has 8 heteroatoms. The van der Waals surface area contributed by atoms with Gasteiger partial charge in [0, 0.05) is 13.1 Å². The van der Waals surface area contributed by atoms with Crippen LogP contribution in [-0.2, 0) is 0 Å². The number of hydrogen-bond acceptors (Lipinski definition) is 4. The molecule has 0 aromatic heterocycles. The highest BCUT2D eigenvalue weighted by molar-refractivity contribution is 5.83. The summed E-state index contributed by atoms with van der Waals surface area (Å²) in [6.45, 7) is 2.32. The topological polar surface area (TPSA) is 90.9 Å². The number of amidine groups is 1. The van der Waals surface area contributed by atoms with Crippen LogP contribution in [0.25, 0.3) is 0 Å². The maximum Gasteiger partial charge on any atom is 0.400 e. The molecular weight excluding hydrogens is 227 g/mol. The van der Waals surface area contributed by atoms with E-state index in [0.29, 0.717) is 0 Å². The van der Waals surface area contributed by atoms with E-state index in [9.17, 15) is 18.3 Å². The Morgan fingerprint density at radius 3 is 2.25 bits per heavy atom. The van der Waals surface area contributed by atoms with E-state index in [1.54, 1.807) is 0 Å². The minimum Gasteiger partial charge on any atom is -0.409 e. The summed E-state index contributed by atoms with van der Waals surface area (Å²) in [5.41, 5.74) is 3.81. The van der Waals surface area contributed by atoms with Gasteiger partial charge in [-0.1, -0.05) is 5.16 Å². The fraction of sp³-hybridized carbons (Fsp3) is 0.875. The quantitative estimate of drug-likeness (QED) is 0.241. The van der Waals surface area contributed by atoms with Crippen LogP contribution in [0, 0.1) is 5.92 Å². The third-order valence-corrected chi connectivity index (χ3v) is 1.77. The molecule has 0 bridgehead atoms. The van der Waals surface area contributed by atoms with Gasteiger partial charge in [-0.25, -0.2) is 0 Å². The van der Waals surface area contributed by atoms with Crippen molar-refractivity contribution in [3.8, 4) is 0 Å². The number of aliphatic hydroxyl groups is 1.